The zero-order chi connectivity index (χ0) is 17.8. The molecule has 1 aliphatic rings. The average molecular weight is 398 g/mol. The van der Waals surface area contributed by atoms with Crippen LogP contribution in [0.15, 0.2) is 24.3 Å². The molecule has 3 rings (SSSR count). The van der Waals surface area contributed by atoms with Gasteiger partial charge in [0.15, 0.2) is 0 Å². The van der Waals surface area contributed by atoms with Crippen molar-refractivity contribution in [3.63, 3.8) is 0 Å². The maximum atomic E-state index is 12.6. The summed E-state index contributed by atoms with van der Waals surface area (Å²) in [5.41, 5.74) is 0.745. The van der Waals surface area contributed by atoms with Crippen LogP contribution < -0.4 is 10.6 Å². The maximum absolute atomic E-state index is 12.6. The smallest absolute Gasteiger partial charge is 0.291 e. The first-order valence-electron chi connectivity index (χ1n) is 8.83. The molecule has 0 aliphatic carbocycles. The largest absolute Gasteiger partial charge is 0.346 e. The predicted octanol–water partition coefficient (Wildman–Crippen LogP) is 3.17. The van der Waals surface area contributed by atoms with E-state index in [0.717, 1.165) is 43.7 Å². The molecule has 1 saturated heterocycles. The molecule has 6 nitrogen and oxygen atoms in total. The third-order valence-corrected chi connectivity index (χ3v) is 4.71. The van der Waals surface area contributed by atoms with Gasteiger partial charge in [0.2, 0.25) is 5.82 Å². The quantitative estimate of drug-likeness (QED) is 0.812. The molecule has 1 aromatic heterocycles. The van der Waals surface area contributed by atoms with Gasteiger partial charge in [0.05, 0.1) is 10.7 Å². The SMILES string of the molecule is CCCc1nc(C(=O)NC2CCNC(C)C2)nn1-c1ccccc1Cl.Cl. The number of halogens is 2. The summed E-state index contributed by atoms with van der Waals surface area (Å²) in [6, 6.07) is 8.02. The molecule has 1 aliphatic heterocycles. The van der Waals surface area contributed by atoms with Crippen LogP contribution in [-0.2, 0) is 6.42 Å². The Balaban J connectivity index is 0.00000243. The summed E-state index contributed by atoms with van der Waals surface area (Å²) in [5, 5.41) is 11.5. The molecule has 2 unspecified atom stereocenters. The van der Waals surface area contributed by atoms with Gasteiger partial charge in [0.1, 0.15) is 5.82 Å². The number of piperidine rings is 1. The van der Waals surface area contributed by atoms with Gasteiger partial charge in [-0.2, -0.15) is 0 Å². The van der Waals surface area contributed by atoms with Crippen LogP contribution >= 0.6 is 24.0 Å². The highest BCUT2D eigenvalue weighted by molar-refractivity contribution is 6.32. The van der Waals surface area contributed by atoms with Gasteiger partial charge in [0, 0.05) is 18.5 Å². The minimum absolute atomic E-state index is 0. The van der Waals surface area contributed by atoms with Gasteiger partial charge in [-0.15, -0.1) is 17.5 Å². The fourth-order valence-electron chi connectivity index (χ4n) is 3.16. The summed E-state index contributed by atoms with van der Waals surface area (Å²) in [4.78, 5) is 17.1. The number of benzene rings is 1. The van der Waals surface area contributed by atoms with E-state index < -0.39 is 0 Å². The van der Waals surface area contributed by atoms with Crippen molar-refractivity contribution in [3.8, 4) is 5.69 Å². The molecule has 0 radical (unpaired) electrons. The first kappa shape index (κ1) is 20.7. The van der Waals surface area contributed by atoms with Gasteiger partial charge >= 0.3 is 0 Å². The number of amides is 1. The second-order valence-electron chi connectivity index (χ2n) is 6.51. The van der Waals surface area contributed by atoms with Crippen LogP contribution in [-0.4, -0.2) is 39.3 Å². The summed E-state index contributed by atoms with van der Waals surface area (Å²) >= 11 is 6.30. The molecule has 2 heterocycles. The lowest BCUT2D eigenvalue weighted by atomic mass is 10.0. The monoisotopic (exact) mass is 397 g/mol. The molecule has 0 saturated carbocycles. The minimum Gasteiger partial charge on any atom is -0.346 e. The lowest BCUT2D eigenvalue weighted by Gasteiger charge is -2.28. The van der Waals surface area contributed by atoms with Crippen molar-refractivity contribution >= 4 is 29.9 Å². The van der Waals surface area contributed by atoms with Gasteiger partial charge < -0.3 is 10.6 Å². The number of hydrogen-bond acceptors (Lipinski definition) is 4. The Morgan fingerprint density at radius 1 is 1.42 bits per heavy atom. The van der Waals surface area contributed by atoms with Crippen molar-refractivity contribution < 1.29 is 4.79 Å². The van der Waals surface area contributed by atoms with E-state index in [1.807, 2.05) is 24.3 Å². The van der Waals surface area contributed by atoms with Crippen LogP contribution in [0.2, 0.25) is 5.02 Å². The second kappa shape index (κ2) is 9.35. The third-order valence-electron chi connectivity index (χ3n) is 4.39. The highest BCUT2D eigenvalue weighted by atomic mass is 35.5. The number of nitrogens with one attached hydrogen (secondary N) is 2. The van der Waals surface area contributed by atoms with Gasteiger partial charge in [-0.1, -0.05) is 30.7 Å². The molecule has 2 aromatic rings. The van der Waals surface area contributed by atoms with Gasteiger partial charge in [-0.25, -0.2) is 9.67 Å². The second-order valence-corrected chi connectivity index (χ2v) is 6.92. The molecule has 1 aromatic carbocycles. The standard InChI is InChI=1S/C18H24ClN5O.ClH/c1-3-6-16-22-17(18(25)21-13-9-10-20-12(2)11-13)23-24(16)15-8-5-4-7-14(15)19;/h4-5,7-8,12-13,20H,3,6,9-11H2,1-2H3,(H,21,25);1H. The first-order chi connectivity index (χ1) is 12.1. The molecule has 26 heavy (non-hydrogen) atoms. The Morgan fingerprint density at radius 2 is 2.19 bits per heavy atom. The topological polar surface area (TPSA) is 71.8 Å². The Bertz CT molecular complexity index is 749. The summed E-state index contributed by atoms with van der Waals surface area (Å²) in [7, 11) is 0. The molecular weight excluding hydrogens is 373 g/mol. The predicted molar refractivity (Wildman–Crippen MR) is 106 cm³/mol. The van der Waals surface area contributed by atoms with Crippen LogP contribution in [0.1, 0.15) is 49.6 Å². The van der Waals surface area contributed by atoms with Gasteiger partial charge in [-0.3, -0.25) is 4.79 Å². The van der Waals surface area contributed by atoms with E-state index in [9.17, 15) is 4.79 Å². The zero-order valence-corrected chi connectivity index (χ0v) is 16.6. The number of rotatable bonds is 5. The number of nitrogens with zero attached hydrogens (tertiary/aromatic N) is 3. The van der Waals surface area contributed by atoms with Crippen molar-refractivity contribution in [1.29, 1.82) is 0 Å². The summed E-state index contributed by atoms with van der Waals surface area (Å²) in [5.74, 6) is 0.733. The summed E-state index contributed by atoms with van der Waals surface area (Å²) in [6.07, 6.45) is 3.48. The van der Waals surface area contributed by atoms with Crippen LogP contribution in [0.25, 0.3) is 5.69 Å². The van der Waals surface area contributed by atoms with Gasteiger partial charge in [0.25, 0.3) is 5.91 Å². The van der Waals surface area contributed by atoms with Crippen molar-refractivity contribution in [1.82, 2.24) is 25.4 Å². The number of carbonyl (C=O) groups excluding carboxylic acids is 1. The molecule has 2 atom stereocenters. The first-order valence-corrected chi connectivity index (χ1v) is 9.21. The Morgan fingerprint density at radius 3 is 2.88 bits per heavy atom. The van der Waals surface area contributed by atoms with E-state index in [4.69, 9.17) is 11.6 Å². The Kier molecular flexibility index (Phi) is 7.43. The lowest BCUT2D eigenvalue weighted by molar-refractivity contribution is 0.0915. The number of para-hydroxylation sites is 1. The molecular formula is C18H25Cl2N5O. The highest BCUT2D eigenvalue weighted by Gasteiger charge is 2.23. The highest BCUT2D eigenvalue weighted by Crippen LogP contribution is 2.21. The number of carbonyl (C=O) groups is 1. The zero-order valence-electron chi connectivity index (χ0n) is 15.0. The normalized spacial score (nSPS) is 19.7. The number of hydrogen-bond donors (Lipinski definition) is 2. The molecule has 8 heteroatoms. The molecule has 0 spiro atoms. The van der Waals surface area contributed by atoms with Crippen LogP contribution in [0, 0.1) is 0 Å². The van der Waals surface area contributed by atoms with E-state index >= 15 is 0 Å². The van der Waals surface area contributed by atoms with E-state index in [1.54, 1.807) is 4.68 Å². The van der Waals surface area contributed by atoms with E-state index in [1.165, 1.54) is 0 Å². The van der Waals surface area contributed by atoms with Crippen molar-refractivity contribution in [3.05, 3.63) is 40.9 Å². The van der Waals surface area contributed by atoms with Crippen molar-refractivity contribution in [2.24, 2.45) is 0 Å². The van der Waals surface area contributed by atoms with Crippen LogP contribution in [0.3, 0.4) is 0 Å². The van der Waals surface area contributed by atoms with Crippen LogP contribution in [0.4, 0.5) is 0 Å². The summed E-state index contributed by atoms with van der Waals surface area (Å²) < 4.78 is 1.69. The fourth-order valence-corrected chi connectivity index (χ4v) is 3.37. The number of aryl methyl sites for hydroxylation is 1. The lowest BCUT2D eigenvalue weighted by Crippen LogP contribution is -2.46. The average Bonchev–Trinajstić information content (AvgIpc) is 3.00. The van der Waals surface area contributed by atoms with E-state index in [-0.39, 0.29) is 30.2 Å². The van der Waals surface area contributed by atoms with Crippen molar-refractivity contribution in [2.75, 3.05) is 6.54 Å². The number of aromatic nitrogens is 3. The summed E-state index contributed by atoms with van der Waals surface area (Å²) in [6.45, 7) is 5.11. The van der Waals surface area contributed by atoms with Gasteiger partial charge in [-0.05, 0) is 44.9 Å². The van der Waals surface area contributed by atoms with Crippen LogP contribution in [0.5, 0.6) is 0 Å². The molecule has 142 valence electrons. The maximum Gasteiger partial charge on any atom is 0.291 e. The molecule has 1 fully saturated rings. The van der Waals surface area contributed by atoms with Crippen molar-refractivity contribution in [2.45, 2.75) is 51.6 Å². The fraction of sp³-hybridized carbons (Fsp3) is 0.500. The van der Waals surface area contributed by atoms with E-state index in [0.29, 0.717) is 11.1 Å². The third kappa shape index (κ3) is 4.75. The molecule has 1 amide bonds. The minimum atomic E-state index is -0.220. The molecule has 2 N–H and O–H groups in total. The van der Waals surface area contributed by atoms with E-state index in [2.05, 4.69) is 34.6 Å². The molecule has 0 bridgehead atoms. The Hall–Kier alpha value is -1.63. The Labute approximate surface area is 165 Å².